The van der Waals surface area contributed by atoms with Crippen LogP contribution in [0, 0.1) is 16.0 Å². The van der Waals surface area contributed by atoms with Crippen LogP contribution in [0.25, 0.3) is 0 Å². The Morgan fingerprint density at radius 2 is 2.27 bits per heavy atom. The van der Waals surface area contributed by atoms with Crippen LogP contribution in [0.1, 0.15) is 6.92 Å². The van der Waals surface area contributed by atoms with E-state index in [0.29, 0.717) is 5.57 Å². The third-order valence-electron chi connectivity index (χ3n) is 2.48. The zero-order chi connectivity index (χ0) is 11.0. The molecule has 1 aliphatic heterocycles. The minimum absolute atomic E-state index is 0.0106. The van der Waals surface area contributed by atoms with Crippen molar-refractivity contribution in [2.75, 3.05) is 0 Å². The van der Waals surface area contributed by atoms with E-state index in [1.165, 1.54) is 12.4 Å². The summed E-state index contributed by atoms with van der Waals surface area (Å²) in [5.74, 6) is -0.808. The van der Waals surface area contributed by atoms with Crippen LogP contribution in [0.3, 0.4) is 0 Å². The summed E-state index contributed by atoms with van der Waals surface area (Å²) in [6.07, 6.45) is 4.35. The van der Waals surface area contributed by atoms with E-state index in [1.807, 2.05) is 0 Å². The fourth-order valence-electron chi connectivity index (χ4n) is 1.70. The highest BCUT2D eigenvalue weighted by molar-refractivity contribution is 5.93. The first-order valence-corrected chi connectivity index (χ1v) is 4.46. The van der Waals surface area contributed by atoms with Gasteiger partial charge in [-0.25, -0.2) is 0 Å². The number of carbonyl (C=O) groups is 1. The second kappa shape index (κ2) is 3.30. The molecule has 2 atom stereocenters. The van der Waals surface area contributed by atoms with E-state index in [1.54, 1.807) is 13.0 Å². The topological polar surface area (TPSA) is 84.6 Å². The van der Waals surface area contributed by atoms with Crippen LogP contribution in [-0.2, 0) is 4.79 Å². The number of fused-ring (bicyclic) bond motifs is 1. The standard InChI is InChI=1S/C9H9N3O3/c1-5-2-7-6(3-8(5)12(14)15)9(13)11-4-10-7/h2-4,6-7H,1H3,(H,10,11,13). The summed E-state index contributed by atoms with van der Waals surface area (Å²) in [7, 11) is 0. The van der Waals surface area contributed by atoms with Gasteiger partial charge in [-0.3, -0.25) is 19.9 Å². The van der Waals surface area contributed by atoms with Gasteiger partial charge in [0, 0.05) is 11.6 Å². The summed E-state index contributed by atoms with van der Waals surface area (Å²) in [4.78, 5) is 25.6. The third-order valence-corrected chi connectivity index (χ3v) is 2.48. The molecule has 1 amide bonds. The fourth-order valence-corrected chi connectivity index (χ4v) is 1.70. The molecule has 78 valence electrons. The van der Waals surface area contributed by atoms with Crippen LogP contribution in [0.4, 0.5) is 0 Å². The Labute approximate surface area is 85.5 Å². The van der Waals surface area contributed by atoms with Crippen molar-refractivity contribution in [3.8, 4) is 0 Å². The van der Waals surface area contributed by atoms with E-state index in [-0.39, 0.29) is 17.6 Å². The predicted octanol–water partition coefficient (Wildman–Crippen LogP) is 0.250. The zero-order valence-corrected chi connectivity index (χ0v) is 8.01. The molecular formula is C9H9N3O3. The van der Waals surface area contributed by atoms with E-state index in [2.05, 4.69) is 10.3 Å². The summed E-state index contributed by atoms with van der Waals surface area (Å²) in [6.45, 7) is 1.65. The van der Waals surface area contributed by atoms with Crippen LogP contribution in [-0.4, -0.2) is 23.2 Å². The van der Waals surface area contributed by atoms with Crippen LogP contribution in [0.5, 0.6) is 0 Å². The van der Waals surface area contributed by atoms with Crippen LogP contribution in [0.15, 0.2) is 28.4 Å². The van der Waals surface area contributed by atoms with Crippen molar-refractivity contribution in [2.24, 2.45) is 10.9 Å². The van der Waals surface area contributed by atoms with Gasteiger partial charge in [-0.15, -0.1) is 0 Å². The molecule has 0 aromatic carbocycles. The van der Waals surface area contributed by atoms with E-state index in [9.17, 15) is 14.9 Å². The highest BCUT2D eigenvalue weighted by atomic mass is 16.6. The molecule has 1 aliphatic carbocycles. The predicted molar refractivity (Wildman–Crippen MR) is 52.7 cm³/mol. The number of aliphatic imine (C=N–C) groups is 1. The van der Waals surface area contributed by atoms with E-state index in [0.717, 1.165) is 0 Å². The molecule has 0 saturated heterocycles. The summed E-state index contributed by atoms with van der Waals surface area (Å²) in [5.41, 5.74) is 0.539. The average molecular weight is 207 g/mol. The Morgan fingerprint density at radius 1 is 1.53 bits per heavy atom. The quantitative estimate of drug-likeness (QED) is 0.494. The highest BCUT2D eigenvalue weighted by Gasteiger charge is 2.34. The smallest absolute Gasteiger partial charge is 0.268 e. The molecule has 6 nitrogen and oxygen atoms in total. The number of nitrogens with zero attached hydrogens (tertiary/aromatic N) is 2. The van der Waals surface area contributed by atoms with Crippen molar-refractivity contribution in [1.29, 1.82) is 0 Å². The molecule has 2 aliphatic rings. The lowest BCUT2D eigenvalue weighted by Gasteiger charge is -2.24. The Balaban J connectivity index is 2.41. The van der Waals surface area contributed by atoms with E-state index >= 15 is 0 Å². The summed E-state index contributed by atoms with van der Waals surface area (Å²) >= 11 is 0. The molecule has 0 fully saturated rings. The van der Waals surface area contributed by atoms with Crippen LogP contribution < -0.4 is 5.32 Å². The van der Waals surface area contributed by atoms with Crippen molar-refractivity contribution in [1.82, 2.24) is 5.32 Å². The largest absolute Gasteiger partial charge is 0.317 e. The van der Waals surface area contributed by atoms with Gasteiger partial charge in [-0.1, -0.05) is 0 Å². The molecule has 2 unspecified atom stereocenters. The van der Waals surface area contributed by atoms with E-state index < -0.39 is 10.8 Å². The van der Waals surface area contributed by atoms with Crippen molar-refractivity contribution in [2.45, 2.75) is 13.0 Å². The molecular weight excluding hydrogens is 198 g/mol. The number of rotatable bonds is 1. The minimum Gasteiger partial charge on any atom is -0.317 e. The van der Waals surface area contributed by atoms with Gasteiger partial charge in [0.2, 0.25) is 5.91 Å². The first-order valence-electron chi connectivity index (χ1n) is 4.46. The number of nitro groups is 1. The molecule has 2 rings (SSSR count). The fraction of sp³-hybridized carbons (Fsp3) is 0.333. The maximum absolute atomic E-state index is 11.4. The third kappa shape index (κ3) is 1.54. The monoisotopic (exact) mass is 207 g/mol. The maximum atomic E-state index is 11.4. The lowest BCUT2D eigenvalue weighted by molar-refractivity contribution is -0.421. The Hall–Kier alpha value is -1.98. The lowest BCUT2D eigenvalue weighted by atomic mass is 9.89. The number of nitrogens with one attached hydrogen (secondary N) is 1. The second-order valence-electron chi connectivity index (χ2n) is 3.46. The van der Waals surface area contributed by atoms with Gasteiger partial charge < -0.3 is 5.32 Å². The molecule has 1 heterocycles. The van der Waals surface area contributed by atoms with Crippen LogP contribution in [0.2, 0.25) is 0 Å². The molecule has 0 bridgehead atoms. The molecule has 0 aromatic rings. The molecule has 0 aromatic heterocycles. The number of amides is 1. The highest BCUT2D eigenvalue weighted by Crippen LogP contribution is 2.26. The number of carbonyl (C=O) groups excluding carboxylic acids is 1. The molecule has 6 heteroatoms. The minimum atomic E-state index is -0.556. The summed E-state index contributed by atoms with van der Waals surface area (Å²) in [5, 5.41) is 13.1. The van der Waals surface area contributed by atoms with Gasteiger partial charge in [0.15, 0.2) is 0 Å². The van der Waals surface area contributed by atoms with Crippen molar-refractivity contribution >= 4 is 12.2 Å². The number of allylic oxidation sites excluding steroid dienone is 1. The zero-order valence-electron chi connectivity index (χ0n) is 8.01. The van der Waals surface area contributed by atoms with Gasteiger partial charge in [0.05, 0.1) is 23.2 Å². The molecule has 0 saturated carbocycles. The lowest BCUT2D eigenvalue weighted by Crippen LogP contribution is -2.41. The van der Waals surface area contributed by atoms with Crippen molar-refractivity contribution in [3.63, 3.8) is 0 Å². The average Bonchev–Trinajstić information content (AvgIpc) is 2.16. The Kier molecular flexibility index (Phi) is 2.11. The maximum Gasteiger partial charge on any atom is 0.268 e. The second-order valence-corrected chi connectivity index (χ2v) is 3.46. The number of hydrogen-bond donors (Lipinski definition) is 1. The van der Waals surface area contributed by atoms with Gasteiger partial charge in [-0.05, 0) is 13.0 Å². The molecule has 0 radical (unpaired) electrons. The SMILES string of the molecule is CC1=CC2N=CNC(=O)C2C=C1[N+](=O)[O-]. The van der Waals surface area contributed by atoms with Crippen molar-refractivity contribution in [3.05, 3.63) is 33.5 Å². The molecule has 0 spiro atoms. The van der Waals surface area contributed by atoms with Gasteiger partial charge in [-0.2, -0.15) is 0 Å². The summed E-state index contributed by atoms with van der Waals surface area (Å²) < 4.78 is 0. The van der Waals surface area contributed by atoms with Gasteiger partial charge in [0.1, 0.15) is 0 Å². The summed E-state index contributed by atoms with van der Waals surface area (Å²) in [6, 6.07) is -0.303. The number of hydrogen-bond acceptors (Lipinski definition) is 4. The van der Waals surface area contributed by atoms with Crippen molar-refractivity contribution < 1.29 is 9.72 Å². The normalized spacial score (nSPS) is 28.7. The van der Waals surface area contributed by atoms with Gasteiger partial charge >= 0.3 is 0 Å². The Morgan fingerprint density at radius 3 is 2.93 bits per heavy atom. The van der Waals surface area contributed by atoms with Crippen LogP contribution >= 0.6 is 0 Å². The molecule has 1 N–H and O–H groups in total. The molecule has 15 heavy (non-hydrogen) atoms. The van der Waals surface area contributed by atoms with E-state index in [4.69, 9.17) is 0 Å². The first kappa shape index (κ1) is 9.57. The first-order chi connectivity index (χ1) is 7.09. The van der Waals surface area contributed by atoms with Gasteiger partial charge in [0.25, 0.3) is 5.70 Å². The Bertz CT molecular complexity index is 422.